The van der Waals surface area contributed by atoms with Crippen LogP contribution in [-0.2, 0) is 6.42 Å². The standard InChI is InChI=1S/C16H21NO2/c18-14-9-13-11-4-2-1-3-10(11)5-6-12(13)15-16(14)19-8-7-17-15/h9-11,17-18H,1-8H2. The molecule has 1 aliphatic heterocycles. The van der Waals surface area contributed by atoms with Gasteiger partial charge in [0.1, 0.15) is 6.61 Å². The number of ether oxygens (including phenoxy) is 1. The van der Waals surface area contributed by atoms with Gasteiger partial charge in [-0.05, 0) is 54.7 Å². The smallest absolute Gasteiger partial charge is 0.184 e. The van der Waals surface area contributed by atoms with Crippen molar-refractivity contribution in [2.75, 3.05) is 18.5 Å². The average molecular weight is 259 g/mol. The Morgan fingerprint density at radius 2 is 2.11 bits per heavy atom. The van der Waals surface area contributed by atoms with Gasteiger partial charge in [-0.3, -0.25) is 0 Å². The van der Waals surface area contributed by atoms with E-state index in [4.69, 9.17) is 4.74 Å². The van der Waals surface area contributed by atoms with Gasteiger partial charge in [-0.1, -0.05) is 12.8 Å². The fraction of sp³-hybridized carbons (Fsp3) is 0.625. The van der Waals surface area contributed by atoms with E-state index in [0.29, 0.717) is 24.0 Å². The van der Waals surface area contributed by atoms with Crippen LogP contribution < -0.4 is 10.1 Å². The van der Waals surface area contributed by atoms with Crippen molar-refractivity contribution in [1.29, 1.82) is 0 Å². The predicted octanol–water partition coefficient (Wildman–Crippen LogP) is 3.42. The zero-order valence-electron chi connectivity index (χ0n) is 11.2. The van der Waals surface area contributed by atoms with E-state index in [2.05, 4.69) is 5.32 Å². The van der Waals surface area contributed by atoms with Crippen LogP contribution in [0.2, 0.25) is 0 Å². The number of fused-ring (bicyclic) bond motifs is 5. The minimum Gasteiger partial charge on any atom is -0.504 e. The van der Waals surface area contributed by atoms with Crippen LogP contribution >= 0.6 is 0 Å². The summed E-state index contributed by atoms with van der Waals surface area (Å²) in [5, 5.41) is 13.7. The Morgan fingerprint density at radius 3 is 3.05 bits per heavy atom. The Morgan fingerprint density at radius 1 is 1.21 bits per heavy atom. The predicted molar refractivity (Wildman–Crippen MR) is 75.1 cm³/mol. The van der Waals surface area contributed by atoms with Crippen LogP contribution in [0.5, 0.6) is 11.5 Å². The van der Waals surface area contributed by atoms with Crippen LogP contribution in [0, 0.1) is 5.92 Å². The van der Waals surface area contributed by atoms with Gasteiger partial charge in [0.25, 0.3) is 0 Å². The molecule has 0 aromatic heterocycles. The Kier molecular flexibility index (Phi) is 2.61. The number of hydrogen-bond donors (Lipinski definition) is 2. The van der Waals surface area contributed by atoms with Gasteiger partial charge in [-0.2, -0.15) is 0 Å². The fourth-order valence-electron chi connectivity index (χ4n) is 4.26. The largest absolute Gasteiger partial charge is 0.504 e. The monoisotopic (exact) mass is 259 g/mol. The van der Waals surface area contributed by atoms with Crippen molar-refractivity contribution >= 4 is 5.69 Å². The average Bonchev–Trinajstić information content (AvgIpc) is 2.47. The van der Waals surface area contributed by atoms with E-state index in [1.807, 2.05) is 6.07 Å². The lowest BCUT2D eigenvalue weighted by molar-refractivity contribution is 0.270. The van der Waals surface area contributed by atoms with E-state index < -0.39 is 0 Å². The quantitative estimate of drug-likeness (QED) is 0.750. The molecule has 2 N–H and O–H groups in total. The third kappa shape index (κ3) is 1.71. The van der Waals surface area contributed by atoms with Gasteiger partial charge in [-0.15, -0.1) is 0 Å². The molecule has 19 heavy (non-hydrogen) atoms. The Balaban J connectivity index is 1.84. The zero-order valence-corrected chi connectivity index (χ0v) is 11.2. The van der Waals surface area contributed by atoms with Crippen molar-refractivity contribution < 1.29 is 9.84 Å². The zero-order chi connectivity index (χ0) is 12.8. The first-order valence-electron chi connectivity index (χ1n) is 7.60. The molecule has 0 saturated heterocycles. The highest BCUT2D eigenvalue weighted by Gasteiger charge is 2.35. The molecule has 2 aliphatic carbocycles. The summed E-state index contributed by atoms with van der Waals surface area (Å²) >= 11 is 0. The van der Waals surface area contributed by atoms with Gasteiger partial charge in [-0.25, -0.2) is 0 Å². The summed E-state index contributed by atoms with van der Waals surface area (Å²) in [6, 6.07) is 1.99. The minimum atomic E-state index is 0.326. The number of rotatable bonds is 0. The maximum atomic E-state index is 10.2. The number of aromatic hydroxyl groups is 1. The summed E-state index contributed by atoms with van der Waals surface area (Å²) in [5.41, 5.74) is 3.88. The van der Waals surface area contributed by atoms with Crippen LogP contribution in [0.15, 0.2) is 6.07 Å². The van der Waals surface area contributed by atoms with E-state index in [9.17, 15) is 5.11 Å². The maximum absolute atomic E-state index is 10.2. The SMILES string of the molecule is Oc1cc2c(c3c1OCCN3)CCC1CCCCC21. The summed E-state index contributed by atoms with van der Waals surface area (Å²) < 4.78 is 5.64. The molecule has 0 amide bonds. The number of benzene rings is 1. The fourth-order valence-corrected chi connectivity index (χ4v) is 4.26. The molecule has 0 radical (unpaired) electrons. The third-order valence-electron chi connectivity index (χ3n) is 5.13. The molecule has 1 heterocycles. The first kappa shape index (κ1) is 11.4. The summed E-state index contributed by atoms with van der Waals surface area (Å²) in [6.07, 6.45) is 7.81. The number of hydrogen-bond acceptors (Lipinski definition) is 3. The molecule has 3 aliphatic rings. The van der Waals surface area contributed by atoms with Crippen LogP contribution in [0.1, 0.15) is 49.1 Å². The van der Waals surface area contributed by atoms with Crippen molar-refractivity contribution in [3.8, 4) is 11.5 Å². The van der Waals surface area contributed by atoms with E-state index in [1.165, 1.54) is 43.2 Å². The molecule has 0 spiro atoms. The van der Waals surface area contributed by atoms with Crippen molar-refractivity contribution in [2.45, 2.75) is 44.4 Å². The maximum Gasteiger partial charge on any atom is 0.184 e. The van der Waals surface area contributed by atoms with Crippen LogP contribution in [0.3, 0.4) is 0 Å². The van der Waals surface area contributed by atoms with Gasteiger partial charge in [0.2, 0.25) is 0 Å². The lowest BCUT2D eigenvalue weighted by atomic mass is 9.67. The van der Waals surface area contributed by atoms with Crippen LogP contribution in [0.25, 0.3) is 0 Å². The number of anilines is 1. The Labute approximate surface area is 114 Å². The van der Waals surface area contributed by atoms with Gasteiger partial charge in [0.05, 0.1) is 5.69 Å². The van der Waals surface area contributed by atoms with Crippen molar-refractivity contribution in [1.82, 2.24) is 0 Å². The normalized spacial score (nSPS) is 28.4. The molecule has 2 atom stereocenters. The molecule has 102 valence electrons. The minimum absolute atomic E-state index is 0.326. The highest BCUT2D eigenvalue weighted by Crippen LogP contribution is 2.51. The first-order chi connectivity index (χ1) is 9.34. The van der Waals surface area contributed by atoms with Crippen molar-refractivity contribution in [3.63, 3.8) is 0 Å². The van der Waals surface area contributed by atoms with E-state index in [0.717, 1.165) is 24.6 Å². The molecule has 2 unspecified atom stereocenters. The molecule has 4 rings (SSSR count). The Hall–Kier alpha value is -1.38. The molecule has 1 aromatic rings. The lowest BCUT2D eigenvalue weighted by Crippen LogP contribution is -2.27. The summed E-state index contributed by atoms with van der Waals surface area (Å²) in [7, 11) is 0. The van der Waals surface area contributed by atoms with E-state index in [1.54, 1.807) is 0 Å². The van der Waals surface area contributed by atoms with Gasteiger partial charge >= 0.3 is 0 Å². The third-order valence-corrected chi connectivity index (χ3v) is 5.13. The second-order valence-corrected chi connectivity index (χ2v) is 6.13. The van der Waals surface area contributed by atoms with Gasteiger partial charge in [0.15, 0.2) is 11.5 Å². The molecule has 3 nitrogen and oxygen atoms in total. The van der Waals surface area contributed by atoms with E-state index >= 15 is 0 Å². The molecule has 3 heteroatoms. The molecular weight excluding hydrogens is 238 g/mol. The van der Waals surface area contributed by atoms with Crippen molar-refractivity contribution in [2.24, 2.45) is 5.92 Å². The lowest BCUT2D eigenvalue weighted by Gasteiger charge is -2.39. The summed E-state index contributed by atoms with van der Waals surface area (Å²) in [6.45, 7) is 1.49. The Bertz CT molecular complexity index is 512. The molecular formula is C16H21NO2. The topological polar surface area (TPSA) is 41.5 Å². The second-order valence-electron chi connectivity index (χ2n) is 6.13. The van der Waals surface area contributed by atoms with Crippen LogP contribution in [0.4, 0.5) is 5.69 Å². The molecule has 1 saturated carbocycles. The van der Waals surface area contributed by atoms with Crippen LogP contribution in [-0.4, -0.2) is 18.3 Å². The van der Waals surface area contributed by atoms with Crippen molar-refractivity contribution in [3.05, 3.63) is 17.2 Å². The highest BCUT2D eigenvalue weighted by atomic mass is 16.5. The second kappa shape index (κ2) is 4.32. The highest BCUT2D eigenvalue weighted by molar-refractivity contribution is 5.71. The summed E-state index contributed by atoms with van der Waals surface area (Å²) in [5.74, 6) is 2.51. The molecule has 1 aromatic carbocycles. The number of phenols is 1. The van der Waals surface area contributed by atoms with Gasteiger partial charge < -0.3 is 15.2 Å². The van der Waals surface area contributed by atoms with E-state index in [-0.39, 0.29) is 0 Å². The first-order valence-corrected chi connectivity index (χ1v) is 7.60. The number of nitrogens with one attached hydrogen (secondary N) is 1. The molecule has 1 fully saturated rings. The molecule has 0 bridgehead atoms. The number of phenolic OH excluding ortho intramolecular Hbond substituents is 1. The summed E-state index contributed by atoms with van der Waals surface area (Å²) in [4.78, 5) is 0. The van der Waals surface area contributed by atoms with Gasteiger partial charge in [0, 0.05) is 6.54 Å².